The first kappa shape index (κ1) is 37.2. The molecule has 278 valence electrons. The molecule has 0 N–H and O–H groups in total. The number of fused-ring (bicyclic) bond motifs is 4. The molecule has 6 aromatic carbocycles. The molecule has 6 aromatic rings. The van der Waals surface area contributed by atoms with Crippen molar-refractivity contribution in [3.05, 3.63) is 220 Å². The van der Waals surface area contributed by atoms with Gasteiger partial charge in [-0.15, -0.1) is 11.8 Å². The van der Waals surface area contributed by atoms with Crippen LogP contribution in [0.2, 0.25) is 0 Å². The van der Waals surface area contributed by atoms with Gasteiger partial charge in [-0.05, 0) is 119 Å². The molecule has 0 saturated carbocycles. The Balaban J connectivity index is 1.24. The second-order valence-electron chi connectivity index (χ2n) is 16.0. The minimum Gasteiger partial charge on any atom is -0.310 e. The van der Waals surface area contributed by atoms with E-state index >= 15 is 0 Å². The van der Waals surface area contributed by atoms with Crippen molar-refractivity contribution in [2.75, 3.05) is 9.80 Å². The van der Waals surface area contributed by atoms with Gasteiger partial charge in [0.15, 0.2) is 0 Å². The Morgan fingerprint density at radius 3 is 1.62 bits per heavy atom. The largest absolute Gasteiger partial charge is 0.310 e. The number of nitrogens with zero attached hydrogens (tertiary/aromatic N) is 2. The van der Waals surface area contributed by atoms with E-state index in [1.807, 2.05) is 17.8 Å². The standard InChI is InChI=1S/C53H50N2S/c1-8-20-51(56-36-39-21-12-9-13-22-39)38(3)30-29-37(2)40-31-32-48-44(33-40)53(6,7)46-35-49-45(34-50(46)55(48)42-25-16-11-17-26-42)52(4,5)43-27-18-19-28-47(43)54(49)41-23-14-10-15-24-41/h8-35H,1,36H2,2-7H3/b37-29+,38-30+,51-20-. The highest BCUT2D eigenvalue weighted by atomic mass is 32.2. The number of hydrogen-bond acceptors (Lipinski definition) is 3. The Morgan fingerprint density at radius 1 is 0.536 bits per heavy atom. The smallest absolute Gasteiger partial charge is 0.0507 e. The van der Waals surface area contributed by atoms with E-state index in [1.165, 1.54) is 77.9 Å². The van der Waals surface area contributed by atoms with Crippen molar-refractivity contribution in [1.29, 1.82) is 0 Å². The predicted octanol–water partition coefficient (Wildman–Crippen LogP) is 15.3. The number of hydrogen-bond donors (Lipinski definition) is 0. The maximum atomic E-state index is 4.00. The molecule has 0 radical (unpaired) electrons. The molecule has 0 saturated heterocycles. The molecule has 0 spiro atoms. The van der Waals surface area contributed by atoms with Crippen LogP contribution in [-0.4, -0.2) is 0 Å². The van der Waals surface area contributed by atoms with E-state index < -0.39 is 0 Å². The maximum Gasteiger partial charge on any atom is 0.0507 e. The van der Waals surface area contributed by atoms with Gasteiger partial charge in [-0.2, -0.15) is 0 Å². The van der Waals surface area contributed by atoms with Crippen molar-refractivity contribution in [3.8, 4) is 0 Å². The van der Waals surface area contributed by atoms with Crippen molar-refractivity contribution < 1.29 is 0 Å². The molecule has 0 aromatic heterocycles. The maximum absolute atomic E-state index is 4.00. The summed E-state index contributed by atoms with van der Waals surface area (Å²) in [7, 11) is 0. The fourth-order valence-corrected chi connectivity index (χ4v) is 9.45. The topological polar surface area (TPSA) is 6.48 Å². The van der Waals surface area contributed by atoms with Gasteiger partial charge >= 0.3 is 0 Å². The van der Waals surface area contributed by atoms with Crippen molar-refractivity contribution >= 4 is 51.5 Å². The van der Waals surface area contributed by atoms with E-state index in [0.29, 0.717) is 0 Å². The zero-order valence-electron chi connectivity index (χ0n) is 33.4. The lowest BCUT2D eigenvalue weighted by Crippen LogP contribution is -2.35. The van der Waals surface area contributed by atoms with Crippen LogP contribution in [0.3, 0.4) is 0 Å². The Kier molecular flexibility index (Phi) is 9.99. The molecular formula is C53H50N2S. The SMILES string of the molecule is C=C/C=C(SCc1ccccc1)/C(C)=C/C=C(\C)c1ccc2c(c1)C(C)(C)c1cc3c(cc1N2c1ccccc1)C(C)(C)c1ccccc1N3c1ccccc1. The average molecular weight is 747 g/mol. The fraction of sp³-hybridized carbons (Fsp3) is 0.170. The van der Waals surface area contributed by atoms with E-state index in [-0.39, 0.29) is 10.8 Å². The van der Waals surface area contributed by atoms with Gasteiger partial charge in [-0.3, -0.25) is 0 Å². The minimum atomic E-state index is -0.287. The third-order valence-corrected chi connectivity index (χ3v) is 12.9. The molecule has 2 aliphatic heterocycles. The van der Waals surface area contributed by atoms with Crippen molar-refractivity contribution in [1.82, 2.24) is 0 Å². The average Bonchev–Trinajstić information content (AvgIpc) is 3.22. The van der Waals surface area contributed by atoms with E-state index in [1.54, 1.807) is 0 Å². The van der Waals surface area contributed by atoms with Crippen molar-refractivity contribution in [2.24, 2.45) is 0 Å². The Labute approximate surface area is 338 Å². The first-order valence-corrected chi connectivity index (χ1v) is 20.6. The number of anilines is 6. The molecule has 3 heteroatoms. The van der Waals surface area contributed by atoms with E-state index in [0.717, 1.165) is 11.4 Å². The molecule has 0 bridgehead atoms. The van der Waals surface area contributed by atoms with Gasteiger partial charge in [0, 0.05) is 32.9 Å². The highest BCUT2D eigenvalue weighted by Gasteiger charge is 2.43. The first-order chi connectivity index (χ1) is 27.1. The number of benzene rings is 6. The van der Waals surface area contributed by atoms with E-state index in [2.05, 4.69) is 222 Å². The number of para-hydroxylation sites is 3. The zero-order chi connectivity index (χ0) is 39.0. The molecule has 56 heavy (non-hydrogen) atoms. The molecule has 0 amide bonds. The normalized spacial score (nSPS) is 15.7. The van der Waals surface area contributed by atoms with Gasteiger partial charge in [0.05, 0.1) is 22.7 Å². The summed E-state index contributed by atoms with van der Waals surface area (Å²) < 4.78 is 0. The third kappa shape index (κ3) is 6.65. The summed E-state index contributed by atoms with van der Waals surface area (Å²) in [6, 6.07) is 53.3. The molecule has 0 fully saturated rings. The molecule has 2 nitrogen and oxygen atoms in total. The molecule has 2 heterocycles. The summed E-state index contributed by atoms with van der Waals surface area (Å²) >= 11 is 1.85. The molecule has 0 atom stereocenters. The van der Waals surface area contributed by atoms with Crippen molar-refractivity contribution in [3.63, 3.8) is 0 Å². The second kappa shape index (κ2) is 15.0. The molecule has 0 aliphatic carbocycles. The summed E-state index contributed by atoms with van der Waals surface area (Å²) in [5.74, 6) is 0.921. The predicted molar refractivity (Wildman–Crippen MR) is 243 cm³/mol. The van der Waals surface area contributed by atoms with E-state index in [9.17, 15) is 0 Å². The molecule has 0 unspecified atom stereocenters. The lowest BCUT2D eigenvalue weighted by atomic mass is 9.68. The van der Waals surface area contributed by atoms with Gasteiger partial charge in [-0.25, -0.2) is 0 Å². The molecule has 8 rings (SSSR count). The lowest BCUT2D eigenvalue weighted by Gasteiger charge is -2.47. The Morgan fingerprint density at radius 2 is 1.04 bits per heavy atom. The van der Waals surface area contributed by atoms with Crippen LogP contribution in [0.25, 0.3) is 5.57 Å². The highest BCUT2D eigenvalue weighted by molar-refractivity contribution is 8.02. The zero-order valence-corrected chi connectivity index (χ0v) is 34.2. The summed E-state index contributed by atoms with van der Waals surface area (Å²) in [6.07, 6.45) is 8.53. The van der Waals surface area contributed by atoms with Gasteiger partial charge in [-0.1, -0.05) is 143 Å². The van der Waals surface area contributed by atoms with Crippen LogP contribution in [0.4, 0.5) is 34.1 Å². The Hall–Kier alpha value is -5.77. The van der Waals surface area contributed by atoms with Crippen molar-refractivity contribution in [2.45, 2.75) is 58.1 Å². The van der Waals surface area contributed by atoms with Gasteiger partial charge in [0.25, 0.3) is 0 Å². The monoisotopic (exact) mass is 746 g/mol. The molecular weight excluding hydrogens is 697 g/mol. The quantitative estimate of drug-likeness (QED) is 0.136. The summed E-state index contributed by atoms with van der Waals surface area (Å²) in [6.45, 7) is 18.0. The first-order valence-electron chi connectivity index (χ1n) is 19.6. The van der Waals surface area contributed by atoms with Crippen LogP contribution >= 0.6 is 11.8 Å². The number of rotatable bonds is 9. The van der Waals surface area contributed by atoms with Crippen LogP contribution in [0.1, 0.15) is 74.9 Å². The van der Waals surface area contributed by atoms with Gasteiger partial charge < -0.3 is 9.80 Å². The van der Waals surface area contributed by atoms with E-state index in [4.69, 9.17) is 0 Å². The van der Waals surface area contributed by atoms with Crippen LogP contribution < -0.4 is 9.80 Å². The van der Waals surface area contributed by atoms with Gasteiger partial charge in [0.1, 0.15) is 0 Å². The summed E-state index contributed by atoms with van der Waals surface area (Å²) in [5.41, 5.74) is 17.0. The number of allylic oxidation sites excluding steroid dienone is 6. The molecule has 2 aliphatic rings. The summed E-state index contributed by atoms with van der Waals surface area (Å²) in [4.78, 5) is 6.19. The Bertz CT molecular complexity index is 2500. The van der Waals surface area contributed by atoms with Gasteiger partial charge in [0.2, 0.25) is 0 Å². The van der Waals surface area contributed by atoms with Crippen LogP contribution in [0.5, 0.6) is 0 Å². The van der Waals surface area contributed by atoms with Crippen LogP contribution in [0, 0.1) is 0 Å². The number of thioether (sulfide) groups is 1. The third-order valence-electron chi connectivity index (χ3n) is 11.6. The van der Waals surface area contributed by atoms with Crippen LogP contribution in [-0.2, 0) is 16.6 Å². The highest BCUT2D eigenvalue weighted by Crippen LogP contribution is 2.58. The van der Waals surface area contributed by atoms with Crippen LogP contribution in [0.15, 0.2) is 187 Å². The summed E-state index contributed by atoms with van der Waals surface area (Å²) in [5, 5.41) is 0. The lowest BCUT2D eigenvalue weighted by molar-refractivity contribution is 0.615. The fourth-order valence-electron chi connectivity index (χ4n) is 8.45. The minimum absolute atomic E-state index is 0.211. The second-order valence-corrected chi connectivity index (χ2v) is 17.0.